The number of nitrogens with zero attached hydrogens (tertiary/aromatic N) is 1. The highest BCUT2D eigenvalue weighted by atomic mass is 16.6. The predicted octanol–water partition coefficient (Wildman–Crippen LogP) is 2.12. The van der Waals surface area contributed by atoms with E-state index in [1.165, 1.54) is 12.8 Å². The monoisotopic (exact) mass is 240 g/mol. The molecule has 4 nitrogen and oxygen atoms in total. The first-order valence-corrected chi connectivity index (χ1v) is 6.64. The van der Waals surface area contributed by atoms with E-state index in [9.17, 15) is 4.79 Å². The van der Waals surface area contributed by atoms with Crippen LogP contribution in [0.25, 0.3) is 0 Å². The second-order valence-electron chi connectivity index (χ2n) is 6.31. The summed E-state index contributed by atoms with van der Waals surface area (Å²) in [6, 6.07) is 0.336. The third-order valence-corrected chi connectivity index (χ3v) is 3.47. The molecule has 4 heteroatoms. The summed E-state index contributed by atoms with van der Waals surface area (Å²) in [4.78, 5) is 14.0. The molecule has 0 aromatic rings. The SMILES string of the molecule is CC(C)(C)OC(=O)N1CCC[C@@H](N)[C@@H]1C1CC1. The number of hydrogen-bond donors (Lipinski definition) is 1. The molecule has 2 N–H and O–H groups in total. The summed E-state index contributed by atoms with van der Waals surface area (Å²) in [6.45, 7) is 6.51. The first-order chi connectivity index (χ1) is 7.88. The molecule has 0 aromatic heterocycles. The zero-order chi connectivity index (χ0) is 12.6. The lowest BCUT2D eigenvalue weighted by Gasteiger charge is -2.40. The van der Waals surface area contributed by atoms with Crippen molar-refractivity contribution >= 4 is 6.09 Å². The topological polar surface area (TPSA) is 55.6 Å². The van der Waals surface area contributed by atoms with E-state index >= 15 is 0 Å². The van der Waals surface area contributed by atoms with Gasteiger partial charge in [0.15, 0.2) is 0 Å². The molecule has 2 fully saturated rings. The van der Waals surface area contributed by atoms with Crippen LogP contribution < -0.4 is 5.73 Å². The van der Waals surface area contributed by atoms with Crippen LogP contribution in [-0.2, 0) is 4.74 Å². The van der Waals surface area contributed by atoms with Gasteiger partial charge in [0, 0.05) is 12.6 Å². The van der Waals surface area contributed by atoms with Crippen LogP contribution in [-0.4, -0.2) is 35.2 Å². The first-order valence-electron chi connectivity index (χ1n) is 6.64. The molecule has 0 radical (unpaired) electrons. The van der Waals surface area contributed by atoms with Crippen LogP contribution in [0.3, 0.4) is 0 Å². The van der Waals surface area contributed by atoms with E-state index in [-0.39, 0.29) is 18.2 Å². The molecule has 98 valence electrons. The highest BCUT2D eigenvalue weighted by Crippen LogP contribution is 2.39. The van der Waals surface area contributed by atoms with Crippen molar-refractivity contribution in [1.29, 1.82) is 0 Å². The Morgan fingerprint density at radius 1 is 1.29 bits per heavy atom. The molecule has 1 aliphatic carbocycles. The minimum Gasteiger partial charge on any atom is -0.444 e. The number of piperidine rings is 1. The first kappa shape index (κ1) is 12.7. The molecule has 0 spiro atoms. The fourth-order valence-electron chi connectivity index (χ4n) is 2.62. The predicted molar refractivity (Wildman–Crippen MR) is 66.7 cm³/mol. The van der Waals surface area contributed by atoms with E-state index in [2.05, 4.69) is 0 Å². The second kappa shape index (κ2) is 4.48. The van der Waals surface area contributed by atoms with E-state index in [0.29, 0.717) is 5.92 Å². The number of nitrogens with two attached hydrogens (primary N) is 1. The third-order valence-electron chi connectivity index (χ3n) is 3.47. The smallest absolute Gasteiger partial charge is 0.410 e. The number of ether oxygens (including phenoxy) is 1. The number of carbonyl (C=O) groups excluding carboxylic acids is 1. The van der Waals surface area contributed by atoms with Crippen molar-refractivity contribution in [3.8, 4) is 0 Å². The molecule has 1 saturated heterocycles. The van der Waals surface area contributed by atoms with E-state index in [4.69, 9.17) is 10.5 Å². The van der Waals surface area contributed by atoms with E-state index < -0.39 is 5.60 Å². The fraction of sp³-hybridized carbons (Fsp3) is 0.923. The van der Waals surface area contributed by atoms with Gasteiger partial charge in [-0.05, 0) is 52.4 Å². The molecule has 1 saturated carbocycles. The van der Waals surface area contributed by atoms with Gasteiger partial charge < -0.3 is 15.4 Å². The van der Waals surface area contributed by atoms with Gasteiger partial charge in [0.1, 0.15) is 5.60 Å². The molecule has 2 aliphatic rings. The summed E-state index contributed by atoms with van der Waals surface area (Å²) in [5.41, 5.74) is 5.74. The molecule has 17 heavy (non-hydrogen) atoms. The maximum atomic E-state index is 12.2. The van der Waals surface area contributed by atoms with Crippen molar-refractivity contribution in [1.82, 2.24) is 4.90 Å². The van der Waals surface area contributed by atoms with E-state index in [1.807, 2.05) is 25.7 Å². The Morgan fingerprint density at radius 3 is 2.47 bits per heavy atom. The highest BCUT2D eigenvalue weighted by molar-refractivity contribution is 5.69. The summed E-state index contributed by atoms with van der Waals surface area (Å²) < 4.78 is 5.47. The molecule has 2 rings (SSSR count). The minimum absolute atomic E-state index is 0.128. The van der Waals surface area contributed by atoms with Crippen LogP contribution in [0.1, 0.15) is 46.5 Å². The van der Waals surface area contributed by atoms with Crippen molar-refractivity contribution < 1.29 is 9.53 Å². The van der Waals surface area contributed by atoms with Gasteiger partial charge >= 0.3 is 6.09 Å². The average molecular weight is 240 g/mol. The second-order valence-corrected chi connectivity index (χ2v) is 6.31. The maximum Gasteiger partial charge on any atom is 0.410 e. The zero-order valence-corrected chi connectivity index (χ0v) is 11.1. The van der Waals surface area contributed by atoms with Crippen LogP contribution in [0.2, 0.25) is 0 Å². The Morgan fingerprint density at radius 2 is 1.94 bits per heavy atom. The third kappa shape index (κ3) is 3.12. The minimum atomic E-state index is -0.424. The lowest BCUT2D eigenvalue weighted by Crippen LogP contribution is -2.56. The number of rotatable bonds is 1. The maximum absolute atomic E-state index is 12.2. The van der Waals surface area contributed by atoms with Gasteiger partial charge in [0.05, 0.1) is 6.04 Å². The van der Waals surface area contributed by atoms with Crippen LogP contribution in [0.15, 0.2) is 0 Å². The van der Waals surface area contributed by atoms with Gasteiger partial charge in [-0.3, -0.25) is 0 Å². The molecule has 0 unspecified atom stereocenters. The number of likely N-dealkylation sites (tertiary alicyclic amines) is 1. The van der Waals surface area contributed by atoms with Gasteiger partial charge in [0.2, 0.25) is 0 Å². The van der Waals surface area contributed by atoms with Crippen molar-refractivity contribution in [2.24, 2.45) is 11.7 Å². The lowest BCUT2D eigenvalue weighted by atomic mass is 9.93. The van der Waals surface area contributed by atoms with Crippen LogP contribution >= 0.6 is 0 Å². The highest BCUT2D eigenvalue weighted by Gasteiger charge is 2.43. The fourth-order valence-corrected chi connectivity index (χ4v) is 2.62. The van der Waals surface area contributed by atoms with Gasteiger partial charge in [-0.15, -0.1) is 0 Å². The van der Waals surface area contributed by atoms with Gasteiger partial charge in [-0.2, -0.15) is 0 Å². The molecule has 2 atom stereocenters. The molecular formula is C13H24N2O2. The van der Waals surface area contributed by atoms with Crippen molar-refractivity contribution in [3.05, 3.63) is 0 Å². The van der Waals surface area contributed by atoms with Gasteiger partial charge in [-0.25, -0.2) is 4.79 Å². The summed E-state index contributed by atoms with van der Waals surface area (Å²) in [7, 11) is 0. The molecule has 1 amide bonds. The largest absolute Gasteiger partial charge is 0.444 e. The Kier molecular flexibility index (Phi) is 3.34. The number of amides is 1. The van der Waals surface area contributed by atoms with E-state index in [0.717, 1.165) is 19.4 Å². The normalized spacial score (nSPS) is 30.2. The van der Waals surface area contributed by atoms with Crippen LogP contribution in [0, 0.1) is 5.92 Å². The Hall–Kier alpha value is -0.770. The zero-order valence-electron chi connectivity index (χ0n) is 11.1. The standard InChI is InChI=1S/C13H24N2O2/c1-13(2,3)17-12(16)15-8-4-5-10(14)11(15)9-6-7-9/h9-11H,4-8,14H2,1-3H3/t10-,11+/m1/s1. The average Bonchev–Trinajstić information content (AvgIpc) is 2.98. The van der Waals surface area contributed by atoms with Crippen molar-refractivity contribution in [2.75, 3.05) is 6.54 Å². The Labute approximate surface area is 103 Å². The lowest BCUT2D eigenvalue weighted by molar-refractivity contribution is 0.00370. The van der Waals surface area contributed by atoms with Gasteiger partial charge in [0.25, 0.3) is 0 Å². The molecule has 1 aliphatic heterocycles. The summed E-state index contributed by atoms with van der Waals surface area (Å²) in [5.74, 6) is 0.609. The summed E-state index contributed by atoms with van der Waals surface area (Å²) in [5, 5.41) is 0. The van der Waals surface area contributed by atoms with Crippen LogP contribution in [0.5, 0.6) is 0 Å². The summed E-state index contributed by atoms with van der Waals surface area (Å²) in [6.07, 6.45) is 4.24. The molecule has 1 heterocycles. The van der Waals surface area contributed by atoms with Crippen molar-refractivity contribution in [3.63, 3.8) is 0 Å². The number of hydrogen-bond acceptors (Lipinski definition) is 3. The van der Waals surface area contributed by atoms with Crippen molar-refractivity contribution in [2.45, 2.75) is 64.1 Å². The van der Waals surface area contributed by atoms with Crippen LogP contribution in [0.4, 0.5) is 4.79 Å². The molecular weight excluding hydrogens is 216 g/mol. The van der Waals surface area contributed by atoms with E-state index in [1.54, 1.807) is 0 Å². The Bertz CT molecular complexity index is 294. The quantitative estimate of drug-likeness (QED) is 0.764. The summed E-state index contributed by atoms with van der Waals surface area (Å²) >= 11 is 0. The Balaban J connectivity index is 2.03. The van der Waals surface area contributed by atoms with Gasteiger partial charge in [-0.1, -0.05) is 0 Å². The molecule has 0 bridgehead atoms. The number of carbonyl (C=O) groups is 1. The molecule has 0 aromatic carbocycles.